The topological polar surface area (TPSA) is 122 Å². The number of nitrogens with one attached hydrogen (secondary N) is 2. The molecule has 0 aliphatic carbocycles. The summed E-state index contributed by atoms with van der Waals surface area (Å²) in [5.74, 6) is -1.18. The highest BCUT2D eigenvalue weighted by atomic mass is 35.5. The van der Waals surface area contributed by atoms with E-state index in [1.165, 1.54) is 11.7 Å². The standard InChI is InChI=1S/C19H20ClN5O5/c1-29-18-15(20)16(22-23-18)17(27)21-11-5-6-13-12(9-11)25(19(28)30-13)10-14(26)24-7-3-2-4-8-24/h5-6,9H,2-4,7-8,10H2,1H3,(H,21,27)(H,22,23). The molecule has 3 heterocycles. The lowest BCUT2D eigenvalue weighted by Crippen LogP contribution is -2.39. The molecular formula is C19H20ClN5O5. The lowest BCUT2D eigenvalue weighted by Gasteiger charge is -2.26. The number of amides is 2. The molecule has 2 aromatic heterocycles. The Labute approximate surface area is 175 Å². The number of carbonyl (C=O) groups is 2. The average Bonchev–Trinajstić information content (AvgIpc) is 3.28. The van der Waals surface area contributed by atoms with E-state index in [2.05, 4.69) is 15.5 Å². The zero-order chi connectivity index (χ0) is 21.3. The monoisotopic (exact) mass is 433 g/mol. The van der Waals surface area contributed by atoms with Crippen LogP contribution in [0.4, 0.5) is 5.69 Å². The molecule has 0 saturated carbocycles. The Morgan fingerprint density at radius 2 is 2.07 bits per heavy atom. The van der Waals surface area contributed by atoms with Crippen molar-refractivity contribution in [3.63, 3.8) is 0 Å². The van der Waals surface area contributed by atoms with Crippen LogP contribution in [0.3, 0.4) is 0 Å². The SMILES string of the molecule is COc1n[nH]c(C(=O)Nc2ccc3oc(=O)n(CC(=O)N4CCCCC4)c3c2)c1Cl. The van der Waals surface area contributed by atoms with Crippen molar-refractivity contribution in [2.24, 2.45) is 0 Å². The predicted octanol–water partition coefficient (Wildman–Crippen LogP) is 2.24. The van der Waals surface area contributed by atoms with Crippen LogP contribution >= 0.6 is 11.6 Å². The number of benzene rings is 1. The number of rotatable bonds is 5. The maximum absolute atomic E-state index is 12.6. The number of aromatic amines is 1. The van der Waals surface area contributed by atoms with Gasteiger partial charge < -0.3 is 19.4 Å². The number of piperidine rings is 1. The first kappa shape index (κ1) is 20.0. The number of hydrogen-bond acceptors (Lipinski definition) is 6. The Bertz CT molecular complexity index is 1160. The van der Waals surface area contributed by atoms with Crippen molar-refractivity contribution in [1.29, 1.82) is 0 Å². The number of hydrogen-bond donors (Lipinski definition) is 2. The van der Waals surface area contributed by atoms with E-state index in [-0.39, 0.29) is 29.0 Å². The van der Waals surface area contributed by atoms with E-state index in [0.717, 1.165) is 19.3 Å². The minimum Gasteiger partial charge on any atom is -0.479 e. The molecule has 0 bridgehead atoms. The summed E-state index contributed by atoms with van der Waals surface area (Å²) in [7, 11) is 1.39. The van der Waals surface area contributed by atoms with E-state index in [1.807, 2.05) is 0 Å². The molecule has 0 atom stereocenters. The third kappa shape index (κ3) is 3.78. The van der Waals surface area contributed by atoms with Gasteiger partial charge in [0.25, 0.3) is 11.8 Å². The molecule has 1 fully saturated rings. The van der Waals surface area contributed by atoms with Crippen molar-refractivity contribution in [3.8, 4) is 5.88 Å². The van der Waals surface area contributed by atoms with Crippen LogP contribution in [0.5, 0.6) is 5.88 Å². The molecule has 30 heavy (non-hydrogen) atoms. The molecule has 1 aliphatic heterocycles. The van der Waals surface area contributed by atoms with Gasteiger partial charge in [-0.15, -0.1) is 5.10 Å². The van der Waals surface area contributed by atoms with Crippen molar-refractivity contribution >= 4 is 40.2 Å². The van der Waals surface area contributed by atoms with Crippen molar-refractivity contribution < 1.29 is 18.7 Å². The maximum Gasteiger partial charge on any atom is 0.420 e. The molecule has 0 spiro atoms. The zero-order valence-electron chi connectivity index (χ0n) is 16.2. The third-order valence-electron chi connectivity index (χ3n) is 5.02. The summed E-state index contributed by atoms with van der Waals surface area (Å²) in [5, 5.41) is 9.05. The highest BCUT2D eigenvalue weighted by Gasteiger charge is 2.21. The predicted molar refractivity (Wildman–Crippen MR) is 109 cm³/mol. The van der Waals surface area contributed by atoms with Crippen LogP contribution in [0.25, 0.3) is 11.1 Å². The second-order valence-corrected chi connectivity index (χ2v) is 7.33. The Balaban J connectivity index is 1.58. The minimum absolute atomic E-state index is 0.0403. The van der Waals surface area contributed by atoms with Gasteiger partial charge in [-0.05, 0) is 37.5 Å². The molecule has 10 nitrogen and oxygen atoms in total. The summed E-state index contributed by atoms with van der Waals surface area (Å²) < 4.78 is 11.5. The molecular weight excluding hydrogens is 414 g/mol. The molecule has 0 unspecified atom stereocenters. The van der Waals surface area contributed by atoms with E-state index >= 15 is 0 Å². The van der Waals surface area contributed by atoms with Crippen LogP contribution < -0.4 is 15.8 Å². The Kier molecular flexibility index (Phi) is 5.49. The van der Waals surface area contributed by atoms with Gasteiger partial charge in [0.05, 0.1) is 12.6 Å². The van der Waals surface area contributed by atoms with Gasteiger partial charge in [-0.25, -0.2) is 4.79 Å². The molecule has 2 N–H and O–H groups in total. The third-order valence-corrected chi connectivity index (χ3v) is 5.37. The van der Waals surface area contributed by atoms with E-state index < -0.39 is 11.7 Å². The van der Waals surface area contributed by atoms with Crippen LogP contribution in [-0.4, -0.2) is 51.7 Å². The number of likely N-dealkylation sites (tertiary alicyclic amines) is 1. The summed E-state index contributed by atoms with van der Waals surface area (Å²) in [6.07, 6.45) is 3.03. The fourth-order valence-electron chi connectivity index (χ4n) is 3.46. The van der Waals surface area contributed by atoms with Gasteiger partial charge in [0, 0.05) is 18.8 Å². The van der Waals surface area contributed by atoms with Crippen molar-refractivity contribution in [2.75, 3.05) is 25.5 Å². The first-order valence-corrected chi connectivity index (χ1v) is 9.86. The Morgan fingerprint density at radius 3 is 2.77 bits per heavy atom. The summed E-state index contributed by atoms with van der Waals surface area (Å²) in [6.45, 7) is 1.27. The first-order valence-electron chi connectivity index (χ1n) is 9.48. The van der Waals surface area contributed by atoms with Crippen LogP contribution in [0, 0.1) is 0 Å². The van der Waals surface area contributed by atoms with Gasteiger partial charge in [-0.3, -0.25) is 19.3 Å². The smallest absolute Gasteiger partial charge is 0.420 e. The van der Waals surface area contributed by atoms with Crippen LogP contribution in [-0.2, 0) is 11.3 Å². The number of carbonyl (C=O) groups excluding carboxylic acids is 2. The second-order valence-electron chi connectivity index (χ2n) is 6.95. The highest BCUT2D eigenvalue weighted by Crippen LogP contribution is 2.26. The average molecular weight is 434 g/mol. The van der Waals surface area contributed by atoms with Gasteiger partial charge in [-0.2, -0.15) is 0 Å². The molecule has 1 saturated heterocycles. The molecule has 158 valence electrons. The lowest BCUT2D eigenvalue weighted by molar-refractivity contribution is -0.132. The van der Waals surface area contributed by atoms with E-state index in [9.17, 15) is 14.4 Å². The number of methoxy groups -OCH3 is 1. The van der Waals surface area contributed by atoms with E-state index in [4.69, 9.17) is 20.8 Å². The number of halogens is 1. The Morgan fingerprint density at radius 1 is 1.30 bits per heavy atom. The second kappa shape index (κ2) is 8.23. The van der Waals surface area contributed by atoms with Gasteiger partial charge in [-0.1, -0.05) is 11.6 Å². The number of anilines is 1. The summed E-state index contributed by atoms with van der Waals surface area (Å²) >= 11 is 6.06. The number of oxazole rings is 1. The Hall–Kier alpha value is -3.27. The fourth-order valence-corrected chi connectivity index (χ4v) is 3.71. The molecule has 1 aromatic carbocycles. The van der Waals surface area contributed by atoms with Crippen LogP contribution in [0.15, 0.2) is 27.4 Å². The van der Waals surface area contributed by atoms with Gasteiger partial charge in [0.1, 0.15) is 17.3 Å². The van der Waals surface area contributed by atoms with E-state index in [0.29, 0.717) is 29.9 Å². The molecule has 2 amide bonds. The molecule has 1 aliphatic rings. The minimum atomic E-state index is -0.625. The van der Waals surface area contributed by atoms with Gasteiger partial charge in [0.2, 0.25) is 5.91 Å². The van der Waals surface area contributed by atoms with Crippen molar-refractivity contribution in [2.45, 2.75) is 25.8 Å². The molecule has 3 aromatic rings. The van der Waals surface area contributed by atoms with Gasteiger partial charge in [0.15, 0.2) is 5.58 Å². The largest absolute Gasteiger partial charge is 0.479 e. The number of H-pyrrole nitrogens is 1. The normalized spacial score (nSPS) is 14.1. The fraction of sp³-hybridized carbons (Fsp3) is 0.368. The number of aromatic nitrogens is 3. The number of fused-ring (bicyclic) bond motifs is 1. The van der Waals surface area contributed by atoms with E-state index in [1.54, 1.807) is 23.1 Å². The molecule has 4 rings (SSSR count). The first-order chi connectivity index (χ1) is 14.5. The number of ether oxygens (including phenoxy) is 1. The number of nitrogens with zero attached hydrogens (tertiary/aromatic N) is 3. The zero-order valence-corrected chi connectivity index (χ0v) is 17.0. The summed E-state index contributed by atoms with van der Waals surface area (Å²) in [6, 6.07) is 4.72. The molecule has 0 radical (unpaired) electrons. The van der Waals surface area contributed by atoms with Crippen LogP contribution in [0.1, 0.15) is 29.8 Å². The van der Waals surface area contributed by atoms with Gasteiger partial charge >= 0.3 is 5.76 Å². The lowest BCUT2D eigenvalue weighted by atomic mass is 10.1. The quantitative estimate of drug-likeness (QED) is 0.636. The molecule has 11 heteroatoms. The van der Waals surface area contributed by atoms with Crippen molar-refractivity contribution in [3.05, 3.63) is 39.5 Å². The highest BCUT2D eigenvalue weighted by molar-refractivity contribution is 6.35. The summed E-state index contributed by atoms with van der Waals surface area (Å²) in [4.78, 5) is 39.1. The van der Waals surface area contributed by atoms with Crippen LogP contribution in [0.2, 0.25) is 5.02 Å². The maximum atomic E-state index is 12.6. The summed E-state index contributed by atoms with van der Waals surface area (Å²) in [5.41, 5.74) is 1.18. The van der Waals surface area contributed by atoms with Crippen molar-refractivity contribution in [1.82, 2.24) is 19.7 Å².